The Balaban J connectivity index is 1.16. The Bertz CT molecular complexity index is 1390. The maximum absolute atomic E-state index is 12.8. The van der Waals surface area contributed by atoms with Crippen LogP contribution in [0.1, 0.15) is 29.4 Å². The summed E-state index contributed by atoms with van der Waals surface area (Å²) in [7, 11) is 1.96. The topological polar surface area (TPSA) is 73.9 Å². The molecule has 3 aliphatic heterocycles. The summed E-state index contributed by atoms with van der Waals surface area (Å²) in [6, 6.07) is 17.6. The second-order valence-electron chi connectivity index (χ2n) is 10.8. The summed E-state index contributed by atoms with van der Waals surface area (Å²) in [5.74, 6) is 0.623. The predicted octanol–water partition coefficient (Wildman–Crippen LogP) is 2.19. The lowest BCUT2D eigenvalue weighted by atomic mass is 9.83. The molecule has 2 atom stereocenters. The summed E-state index contributed by atoms with van der Waals surface area (Å²) in [6.07, 6.45) is 1.11. The Labute approximate surface area is 217 Å². The monoisotopic (exact) mass is 501 g/mol. The van der Waals surface area contributed by atoms with Crippen LogP contribution in [-0.2, 0) is 26.7 Å². The molecule has 1 aromatic carbocycles. The molecule has 0 amide bonds. The number of aromatic nitrogens is 2. The van der Waals surface area contributed by atoms with Crippen molar-refractivity contribution in [2.45, 2.75) is 32.0 Å². The molecule has 0 saturated carbocycles. The lowest BCUT2D eigenvalue weighted by Crippen LogP contribution is -2.47. The summed E-state index contributed by atoms with van der Waals surface area (Å²) >= 11 is 0. The highest BCUT2D eigenvalue weighted by Crippen LogP contribution is 2.35. The standard InChI is InChI=1S/C29H35N5O3/c1-30-24(19-32-16-21-14-22(18-32)25-8-5-9-28(36)34(25)17-21)15-27(35)29(37)26(30)20-31-10-12-33(13-11-31)23-6-3-2-4-7-23/h2-9,15,21-22,37H,10-14,16-20H2,1H3/t21-,22-/m0/s1. The maximum Gasteiger partial charge on any atom is 0.250 e. The Morgan fingerprint density at radius 2 is 1.65 bits per heavy atom. The first kappa shape index (κ1) is 24.0. The van der Waals surface area contributed by atoms with Crippen LogP contribution in [-0.4, -0.2) is 63.3 Å². The third kappa shape index (κ3) is 4.71. The van der Waals surface area contributed by atoms with Gasteiger partial charge in [-0.2, -0.15) is 0 Å². The van der Waals surface area contributed by atoms with E-state index in [1.165, 1.54) is 5.69 Å². The Kier molecular flexibility index (Phi) is 6.38. The van der Waals surface area contributed by atoms with Crippen LogP contribution in [0.4, 0.5) is 5.69 Å². The van der Waals surface area contributed by atoms with Crippen LogP contribution in [0.3, 0.4) is 0 Å². The minimum Gasteiger partial charge on any atom is -0.503 e. The molecular formula is C29H35N5O3. The van der Waals surface area contributed by atoms with Crippen molar-refractivity contribution in [1.82, 2.24) is 18.9 Å². The third-order valence-corrected chi connectivity index (χ3v) is 8.45. The molecule has 0 aliphatic carbocycles. The molecule has 0 unspecified atom stereocenters. The van der Waals surface area contributed by atoms with Crippen molar-refractivity contribution >= 4 is 5.69 Å². The second kappa shape index (κ2) is 9.84. The molecule has 8 heteroatoms. The van der Waals surface area contributed by atoms with Gasteiger partial charge in [-0.05, 0) is 30.5 Å². The SMILES string of the molecule is Cn1c(CN2C[C@@H]3C[C@@H](C2)c2cccc(=O)n2C3)cc(=O)c(O)c1CN1CCN(c2ccccc2)CC1. The van der Waals surface area contributed by atoms with Crippen molar-refractivity contribution in [3.8, 4) is 5.75 Å². The van der Waals surface area contributed by atoms with E-state index in [9.17, 15) is 14.7 Å². The molecule has 3 aromatic rings. The number of rotatable bonds is 5. The van der Waals surface area contributed by atoms with E-state index < -0.39 is 0 Å². The molecule has 1 N–H and O–H groups in total. The smallest absolute Gasteiger partial charge is 0.250 e. The zero-order chi connectivity index (χ0) is 25.5. The van der Waals surface area contributed by atoms with Gasteiger partial charge in [-0.25, -0.2) is 0 Å². The van der Waals surface area contributed by atoms with Gasteiger partial charge in [0.05, 0.1) is 5.69 Å². The number of nitrogens with zero attached hydrogens (tertiary/aromatic N) is 5. The van der Waals surface area contributed by atoms with Crippen LogP contribution in [0, 0.1) is 5.92 Å². The maximum atomic E-state index is 12.8. The minimum absolute atomic E-state index is 0.0934. The summed E-state index contributed by atoms with van der Waals surface area (Å²) in [5, 5.41) is 10.7. The van der Waals surface area contributed by atoms with Crippen molar-refractivity contribution in [3.05, 3.63) is 92.3 Å². The van der Waals surface area contributed by atoms with Gasteiger partial charge in [0.15, 0.2) is 5.75 Å². The van der Waals surface area contributed by atoms with Gasteiger partial charge < -0.3 is 19.1 Å². The fourth-order valence-corrected chi connectivity index (χ4v) is 6.49. The average Bonchev–Trinajstić information content (AvgIpc) is 2.91. The number of piperazine rings is 1. The molecule has 194 valence electrons. The number of likely N-dealkylation sites (tertiary alicyclic amines) is 1. The molecular weight excluding hydrogens is 466 g/mol. The Morgan fingerprint density at radius 1 is 0.865 bits per heavy atom. The summed E-state index contributed by atoms with van der Waals surface area (Å²) in [6.45, 7) is 7.33. The second-order valence-corrected chi connectivity index (χ2v) is 10.8. The Morgan fingerprint density at radius 3 is 2.43 bits per heavy atom. The molecule has 3 aliphatic rings. The van der Waals surface area contributed by atoms with Gasteiger partial charge in [0.1, 0.15) is 0 Å². The molecule has 2 saturated heterocycles. The fraction of sp³-hybridized carbons (Fsp3) is 0.448. The minimum atomic E-state index is -0.305. The van der Waals surface area contributed by atoms with E-state index in [2.05, 4.69) is 45.0 Å². The van der Waals surface area contributed by atoms with Crippen LogP contribution in [0.15, 0.2) is 64.2 Å². The fourth-order valence-electron chi connectivity index (χ4n) is 6.49. The summed E-state index contributed by atoms with van der Waals surface area (Å²) < 4.78 is 3.96. The molecule has 2 aromatic heterocycles. The van der Waals surface area contributed by atoms with Gasteiger partial charge in [-0.15, -0.1) is 0 Å². The van der Waals surface area contributed by atoms with Crippen LogP contribution >= 0.6 is 0 Å². The lowest BCUT2D eigenvalue weighted by molar-refractivity contribution is 0.112. The first-order valence-corrected chi connectivity index (χ1v) is 13.3. The van der Waals surface area contributed by atoms with Crippen molar-refractivity contribution in [2.24, 2.45) is 13.0 Å². The normalized spacial score (nSPS) is 22.1. The van der Waals surface area contributed by atoms with Gasteiger partial charge in [0.2, 0.25) is 5.43 Å². The number of anilines is 1. The molecule has 37 heavy (non-hydrogen) atoms. The van der Waals surface area contributed by atoms with E-state index in [1.54, 1.807) is 12.1 Å². The third-order valence-electron chi connectivity index (χ3n) is 8.45. The molecule has 0 spiro atoms. The Hall–Kier alpha value is -3.36. The first-order chi connectivity index (χ1) is 18.0. The van der Waals surface area contributed by atoms with Gasteiger partial charge in [0, 0.05) is 101 Å². The molecule has 2 fully saturated rings. The number of aromatic hydroxyl groups is 1. The van der Waals surface area contributed by atoms with Crippen molar-refractivity contribution in [3.63, 3.8) is 0 Å². The number of fused-ring (bicyclic) bond motifs is 4. The number of benzene rings is 1. The van der Waals surface area contributed by atoms with Crippen LogP contribution < -0.4 is 15.9 Å². The summed E-state index contributed by atoms with van der Waals surface area (Å²) in [4.78, 5) is 32.2. The number of hydrogen-bond acceptors (Lipinski definition) is 6. The van der Waals surface area contributed by atoms with Crippen molar-refractivity contribution in [2.75, 3.05) is 44.2 Å². The first-order valence-electron chi connectivity index (χ1n) is 13.3. The van der Waals surface area contributed by atoms with Crippen LogP contribution in [0.25, 0.3) is 0 Å². The average molecular weight is 502 g/mol. The van der Waals surface area contributed by atoms with Crippen LogP contribution in [0.2, 0.25) is 0 Å². The predicted molar refractivity (Wildman–Crippen MR) is 144 cm³/mol. The number of hydrogen-bond donors (Lipinski definition) is 1. The van der Waals surface area contributed by atoms with Crippen molar-refractivity contribution in [1.29, 1.82) is 0 Å². The number of para-hydroxylation sites is 1. The molecule has 8 nitrogen and oxygen atoms in total. The molecule has 0 radical (unpaired) electrons. The largest absolute Gasteiger partial charge is 0.503 e. The zero-order valence-electron chi connectivity index (χ0n) is 21.4. The van der Waals surface area contributed by atoms with E-state index in [1.807, 2.05) is 28.3 Å². The number of pyridine rings is 2. The number of piperidine rings is 1. The van der Waals surface area contributed by atoms with E-state index in [4.69, 9.17) is 0 Å². The van der Waals surface area contributed by atoms with E-state index in [0.717, 1.165) is 63.6 Å². The van der Waals surface area contributed by atoms with Gasteiger partial charge in [0.25, 0.3) is 5.56 Å². The molecule has 2 bridgehead atoms. The molecule has 6 rings (SSSR count). The zero-order valence-corrected chi connectivity index (χ0v) is 21.4. The highest BCUT2D eigenvalue weighted by atomic mass is 16.3. The highest BCUT2D eigenvalue weighted by molar-refractivity contribution is 5.46. The summed E-state index contributed by atoms with van der Waals surface area (Å²) in [5.41, 5.74) is 3.76. The van der Waals surface area contributed by atoms with Gasteiger partial charge in [-0.1, -0.05) is 24.3 Å². The molecule has 5 heterocycles. The van der Waals surface area contributed by atoms with Crippen molar-refractivity contribution < 1.29 is 5.11 Å². The van der Waals surface area contributed by atoms with Gasteiger partial charge in [-0.3, -0.25) is 19.4 Å². The van der Waals surface area contributed by atoms with E-state index in [-0.39, 0.29) is 16.7 Å². The highest BCUT2D eigenvalue weighted by Gasteiger charge is 2.34. The van der Waals surface area contributed by atoms with Gasteiger partial charge >= 0.3 is 0 Å². The lowest BCUT2D eigenvalue weighted by Gasteiger charge is -2.43. The van der Waals surface area contributed by atoms with E-state index >= 15 is 0 Å². The quantitative estimate of drug-likeness (QED) is 0.578. The van der Waals surface area contributed by atoms with Crippen LogP contribution in [0.5, 0.6) is 5.75 Å². The van der Waals surface area contributed by atoms with E-state index in [0.29, 0.717) is 30.6 Å².